The van der Waals surface area contributed by atoms with Gasteiger partial charge in [-0.25, -0.2) is 12.8 Å². The number of nitrogens with two attached hydrogens (primary N) is 1. The van der Waals surface area contributed by atoms with Crippen LogP contribution in [0.5, 0.6) is 0 Å². The molecule has 0 aliphatic rings. The van der Waals surface area contributed by atoms with Crippen LogP contribution in [-0.2, 0) is 16.4 Å². The van der Waals surface area contributed by atoms with Gasteiger partial charge < -0.3 is 11.1 Å². The lowest BCUT2D eigenvalue weighted by atomic mass is 10.1. The van der Waals surface area contributed by atoms with Gasteiger partial charge in [-0.3, -0.25) is 14.3 Å². The Morgan fingerprint density at radius 1 is 1.00 bits per heavy atom. The predicted molar refractivity (Wildman–Crippen MR) is 120 cm³/mol. The summed E-state index contributed by atoms with van der Waals surface area (Å²) in [7, 11) is -4.03. The maximum absolute atomic E-state index is 13.0. The van der Waals surface area contributed by atoms with Crippen molar-refractivity contribution in [2.24, 2.45) is 5.73 Å². The highest BCUT2D eigenvalue weighted by molar-refractivity contribution is 7.92. The van der Waals surface area contributed by atoms with Gasteiger partial charge in [-0.2, -0.15) is 0 Å². The van der Waals surface area contributed by atoms with Crippen LogP contribution in [0.15, 0.2) is 71.6 Å². The number of carbonyl (C=O) groups is 2. The van der Waals surface area contributed by atoms with E-state index >= 15 is 0 Å². The fraction of sp³-hybridized carbons (Fsp3) is 0.0909. The molecule has 3 aromatic rings. The zero-order chi connectivity index (χ0) is 23.3. The standard InChI is InChI=1S/C22H19ClFN3O4S/c23-20-9-8-18(32(30,31)27-17-6-4-16(24)5-7-17)13-19(20)22(29)26-11-10-14-2-1-3-15(12-14)21(25)28/h1-9,12-13,27H,10-11H2,(H2,25,28)(H,26,29). The van der Waals surface area contributed by atoms with Gasteiger partial charge in [-0.05, 0) is 66.6 Å². The van der Waals surface area contributed by atoms with Crippen LogP contribution in [0.1, 0.15) is 26.3 Å². The van der Waals surface area contributed by atoms with E-state index in [-0.39, 0.29) is 27.7 Å². The van der Waals surface area contributed by atoms with Gasteiger partial charge in [0.1, 0.15) is 5.82 Å². The Kier molecular flexibility index (Phi) is 7.12. The van der Waals surface area contributed by atoms with Gasteiger partial charge >= 0.3 is 0 Å². The Morgan fingerprint density at radius 3 is 2.41 bits per heavy atom. The van der Waals surface area contributed by atoms with Crippen molar-refractivity contribution in [1.82, 2.24) is 5.32 Å². The smallest absolute Gasteiger partial charge is 0.261 e. The van der Waals surface area contributed by atoms with Crippen LogP contribution in [0, 0.1) is 5.82 Å². The topological polar surface area (TPSA) is 118 Å². The normalized spacial score (nSPS) is 11.1. The lowest BCUT2D eigenvalue weighted by Gasteiger charge is -2.11. The van der Waals surface area contributed by atoms with E-state index < -0.39 is 27.7 Å². The third-order valence-electron chi connectivity index (χ3n) is 4.50. The maximum atomic E-state index is 13.0. The van der Waals surface area contributed by atoms with Crippen LogP contribution in [0.3, 0.4) is 0 Å². The molecule has 0 atom stereocenters. The zero-order valence-electron chi connectivity index (χ0n) is 16.6. The van der Waals surface area contributed by atoms with Crippen molar-refractivity contribution in [3.05, 3.63) is 94.3 Å². The van der Waals surface area contributed by atoms with Crippen molar-refractivity contribution in [2.45, 2.75) is 11.3 Å². The lowest BCUT2D eigenvalue weighted by molar-refractivity contribution is 0.0952. The second-order valence-corrected chi connectivity index (χ2v) is 8.91. The molecule has 0 heterocycles. The highest BCUT2D eigenvalue weighted by Crippen LogP contribution is 2.23. The molecule has 0 spiro atoms. The molecule has 0 saturated carbocycles. The molecule has 0 aromatic heterocycles. The molecule has 10 heteroatoms. The highest BCUT2D eigenvalue weighted by atomic mass is 35.5. The van der Waals surface area contributed by atoms with Crippen molar-refractivity contribution in [2.75, 3.05) is 11.3 Å². The van der Waals surface area contributed by atoms with Gasteiger partial charge in [-0.1, -0.05) is 23.7 Å². The van der Waals surface area contributed by atoms with Crippen molar-refractivity contribution < 1.29 is 22.4 Å². The van der Waals surface area contributed by atoms with E-state index in [9.17, 15) is 22.4 Å². The van der Waals surface area contributed by atoms with Crippen molar-refractivity contribution in [1.29, 1.82) is 0 Å². The van der Waals surface area contributed by atoms with E-state index in [0.29, 0.717) is 12.0 Å². The Labute approximate surface area is 189 Å². The minimum atomic E-state index is -4.03. The molecular weight excluding hydrogens is 457 g/mol. The van der Waals surface area contributed by atoms with Crippen LogP contribution in [0.2, 0.25) is 5.02 Å². The number of hydrogen-bond acceptors (Lipinski definition) is 4. The fourth-order valence-corrected chi connectivity index (χ4v) is 4.16. The number of anilines is 1. The number of hydrogen-bond donors (Lipinski definition) is 3. The fourth-order valence-electron chi connectivity index (χ4n) is 2.87. The van der Waals surface area contributed by atoms with Crippen molar-refractivity contribution in [3.63, 3.8) is 0 Å². The molecule has 2 amide bonds. The molecule has 0 aliphatic heterocycles. The molecule has 7 nitrogen and oxygen atoms in total. The summed E-state index contributed by atoms with van der Waals surface area (Å²) in [6, 6.07) is 15.3. The molecule has 3 rings (SSSR count). The van der Waals surface area contributed by atoms with E-state index in [1.165, 1.54) is 24.3 Å². The zero-order valence-corrected chi connectivity index (χ0v) is 18.2. The Hall–Kier alpha value is -3.43. The summed E-state index contributed by atoms with van der Waals surface area (Å²) in [5, 5.41) is 2.76. The maximum Gasteiger partial charge on any atom is 0.261 e. The second-order valence-electron chi connectivity index (χ2n) is 6.82. The van der Waals surface area contributed by atoms with E-state index in [0.717, 1.165) is 23.8 Å². The molecule has 3 aromatic carbocycles. The average molecular weight is 476 g/mol. The number of amides is 2. The first kappa shape index (κ1) is 23.2. The van der Waals surface area contributed by atoms with E-state index in [1.807, 2.05) is 0 Å². The third kappa shape index (κ3) is 5.83. The summed E-state index contributed by atoms with van der Waals surface area (Å²) in [6.07, 6.45) is 0.425. The predicted octanol–water partition coefficient (Wildman–Crippen LogP) is 3.35. The van der Waals surface area contributed by atoms with Gasteiger partial charge in [0, 0.05) is 17.8 Å². The number of benzene rings is 3. The van der Waals surface area contributed by atoms with E-state index in [1.54, 1.807) is 24.3 Å². The molecule has 0 fully saturated rings. The number of primary amides is 1. The third-order valence-corrected chi connectivity index (χ3v) is 6.21. The quantitative estimate of drug-likeness (QED) is 0.463. The highest BCUT2D eigenvalue weighted by Gasteiger charge is 2.19. The first-order chi connectivity index (χ1) is 15.2. The molecule has 166 valence electrons. The largest absolute Gasteiger partial charge is 0.366 e. The molecule has 0 bridgehead atoms. The van der Waals surface area contributed by atoms with Crippen LogP contribution in [-0.4, -0.2) is 26.8 Å². The summed E-state index contributed by atoms with van der Waals surface area (Å²) in [4.78, 5) is 23.7. The number of nitrogens with one attached hydrogen (secondary N) is 2. The number of rotatable bonds is 8. The summed E-state index contributed by atoms with van der Waals surface area (Å²) in [5.74, 6) is -1.60. The van der Waals surface area contributed by atoms with Gasteiger partial charge in [0.2, 0.25) is 5.91 Å². The molecule has 32 heavy (non-hydrogen) atoms. The molecule has 0 aliphatic carbocycles. The first-order valence-electron chi connectivity index (χ1n) is 9.40. The molecule has 0 radical (unpaired) electrons. The minimum Gasteiger partial charge on any atom is -0.366 e. The summed E-state index contributed by atoms with van der Waals surface area (Å²) in [5.41, 5.74) is 6.58. The van der Waals surface area contributed by atoms with E-state index in [4.69, 9.17) is 17.3 Å². The summed E-state index contributed by atoms with van der Waals surface area (Å²) in [6.45, 7) is 0.224. The van der Waals surface area contributed by atoms with Gasteiger partial charge in [0.05, 0.1) is 15.5 Å². The summed E-state index contributed by atoms with van der Waals surface area (Å²) >= 11 is 6.10. The first-order valence-corrected chi connectivity index (χ1v) is 11.3. The van der Waals surface area contributed by atoms with E-state index in [2.05, 4.69) is 10.0 Å². The molecular formula is C22H19ClFN3O4S. The Morgan fingerprint density at radius 2 is 1.72 bits per heavy atom. The van der Waals surface area contributed by atoms with Crippen molar-refractivity contribution in [3.8, 4) is 0 Å². The lowest BCUT2D eigenvalue weighted by Crippen LogP contribution is -2.26. The van der Waals surface area contributed by atoms with Crippen LogP contribution < -0.4 is 15.8 Å². The average Bonchev–Trinajstić information content (AvgIpc) is 2.75. The Bertz CT molecular complexity index is 1260. The SMILES string of the molecule is NC(=O)c1cccc(CCNC(=O)c2cc(S(=O)(=O)Nc3ccc(F)cc3)ccc2Cl)c1. The van der Waals surface area contributed by atoms with Crippen LogP contribution >= 0.6 is 11.6 Å². The molecule has 0 saturated heterocycles. The minimum absolute atomic E-state index is 0.0143. The summed E-state index contributed by atoms with van der Waals surface area (Å²) < 4.78 is 40.6. The molecule has 4 N–H and O–H groups in total. The number of halogens is 2. The monoisotopic (exact) mass is 475 g/mol. The number of carbonyl (C=O) groups excluding carboxylic acids is 2. The van der Waals surface area contributed by atoms with Crippen LogP contribution in [0.25, 0.3) is 0 Å². The van der Waals surface area contributed by atoms with Crippen LogP contribution in [0.4, 0.5) is 10.1 Å². The second kappa shape index (κ2) is 9.80. The molecule has 0 unspecified atom stereocenters. The van der Waals surface area contributed by atoms with Gasteiger partial charge in [-0.15, -0.1) is 0 Å². The number of sulfonamides is 1. The van der Waals surface area contributed by atoms with Gasteiger partial charge in [0.25, 0.3) is 15.9 Å². The van der Waals surface area contributed by atoms with Crippen molar-refractivity contribution >= 4 is 39.1 Å². The Balaban J connectivity index is 1.70. The van der Waals surface area contributed by atoms with Gasteiger partial charge in [0.15, 0.2) is 0 Å².